The maximum absolute atomic E-state index is 7.10. The van der Waals surface area contributed by atoms with Crippen LogP contribution in [-0.2, 0) is 0 Å². The van der Waals surface area contributed by atoms with Gasteiger partial charge < -0.3 is 13.9 Å². The molecule has 0 saturated heterocycles. The Balaban J connectivity index is 1.08. The van der Waals surface area contributed by atoms with E-state index < -0.39 is 7.92 Å². The molecule has 4 heterocycles. The van der Waals surface area contributed by atoms with Crippen LogP contribution in [0.5, 0.6) is 11.5 Å². The van der Waals surface area contributed by atoms with Gasteiger partial charge in [-0.2, -0.15) is 0 Å². The molecule has 0 N–H and O–H groups in total. The van der Waals surface area contributed by atoms with Crippen molar-refractivity contribution in [1.82, 2.24) is 14.1 Å². The zero-order valence-corrected chi connectivity index (χ0v) is 31.1. The first-order valence-corrected chi connectivity index (χ1v) is 20.3. The molecular formula is C51H32N3OP. The van der Waals surface area contributed by atoms with Crippen LogP contribution in [0.3, 0.4) is 0 Å². The van der Waals surface area contributed by atoms with Gasteiger partial charge in [-0.1, -0.05) is 115 Å². The average molecular weight is 734 g/mol. The highest BCUT2D eigenvalue weighted by molar-refractivity contribution is 7.80. The fraction of sp³-hybridized carbons (Fsp3) is 0. The summed E-state index contributed by atoms with van der Waals surface area (Å²) >= 11 is 0. The van der Waals surface area contributed by atoms with Crippen molar-refractivity contribution in [2.45, 2.75) is 0 Å². The van der Waals surface area contributed by atoms with Crippen LogP contribution in [0.2, 0.25) is 0 Å². The molecule has 11 aromatic rings. The van der Waals surface area contributed by atoms with E-state index in [1.165, 1.54) is 64.9 Å². The highest BCUT2D eigenvalue weighted by Crippen LogP contribution is 2.47. The summed E-state index contributed by atoms with van der Waals surface area (Å²) < 4.78 is 11.8. The minimum absolute atomic E-state index is 0.885. The summed E-state index contributed by atoms with van der Waals surface area (Å²) in [6.45, 7) is 0. The molecule has 262 valence electrons. The number of rotatable bonds is 4. The third kappa shape index (κ3) is 4.67. The SMILES string of the molecule is c1cc(-c2nccc3ccccc23)cc(P2c3ccc(-n4c5ccccc5c5ccccc54)cc3Oc3cc(-n4c5ccccc5c5ccccc54)ccc32)c1. The summed E-state index contributed by atoms with van der Waals surface area (Å²) in [5.74, 6) is 1.77. The molecule has 4 nitrogen and oxygen atoms in total. The summed E-state index contributed by atoms with van der Waals surface area (Å²) in [4.78, 5) is 4.91. The lowest BCUT2D eigenvalue weighted by molar-refractivity contribution is 0.488. The van der Waals surface area contributed by atoms with Gasteiger partial charge in [0, 0.05) is 72.8 Å². The predicted octanol–water partition coefficient (Wildman–Crippen LogP) is 12.0. The van der Waals surface area contributed by atoms with Crippen molar-refractivity contribution < 1.29 is 4.74 Å². The van der Waals surface area contributed by atoms with Crippen molar-refractivity contribution in [3.05, 3.63) is 194 Å². The van der Waals surface area contributed by atoms with Gasteiger partial charge in [0.2, 0.25) is 0 Å². The number of ether oxygens (including phenoxy) is 1. The molecule has 8 aromatic carbocycles. The lowest BCUT2D eigenvalue weighted by atomic mass is 10.0. The van der Waals surface area contributed by atoms with Gasteiger partial charge in [-0.05, 0) is 79.3 Å². The van der Waals surface area contributed by atoms with Crippen LogP contribution in [0, 0.1) is 0 Å². The van der Waals surface area contributed by atoms with E-state index >= 15 is 0 Å². The number of para-hydroxylation sites is 4. The van der Waals surface area contributed by atoms with Gasteiger partial charge in [-0.3, -0.25) is 4.98 Å². The van der Waals surface area contributed by atoms with Crippen molar-refractivity contribution >= 4 is 78.2 Å². The molecule has 0 saturated carbocycles. The van der Waals surface area contributed by atoms with Crippen LogP contribution in [0.4, 0.5) is 0 Å². The van der Waals surface area contributed by atoms with Gasteiger partial charge in [0.05, 0.1) is 27.8 Å². The van der Waals surface area contributed by atoms with E-state index in [0.29, 0.717) is 0 Å². The Morgan fingerprint density at radius 1 is 0.411 bits per heavy atom. The zero-order chi connectivity index (χ0) is 36.7. The summed E-state index contributed by atoms with van der Waals surface area (Å²) in [6.07, 6.45) is 1.92. The van der Waals surface area contributed by atoms with Crippen molar-refractivity contribution in [2.24, 2.45) is 0 Å². The molecule has 0 aliphatic carbocycles. The molecule has 0 atom stereocenters. The molecule has 0 bridgehead atoms. The molecule has 0 fully saturated rings. The van der Waals surface area contributed by atoms with Crippen molar-refractivity contribution in [3.8, 4) is 34.1 Å². The van der Waals surface area contributed by atoms with Gasteiger partial charge in [0.15, 0.2) is 0 Å². The van der Waals surface area contributed by atoms with Crippen LogP contribution in [0.25, 0.3) is 77.0 Å². The average Bonchev–Trinajstić information content (AvgIpc) is 3.78. The Kier molecular flexibility index (Phi) is 6.87. The molecule has 5 heteroatoms. The summed E-state index contributed by atoms with van der Waals surface area (Å²) in [6, 6.07) is 67.9. The van der Waals surface area contributed by atoms with Crippen molar-refractivity contribution in [3.63, 3.8) is 0 Å². The summed E-state index contributed by atoms with van der Waals surface area (Å²) in [5.41, 5.74) is 8.97. The van der Waals surface area contributed by atoms with Crippen LogP contribution in [0.15, 0.2) is 194 Å². The van der Waals surface area contributed by atoms with Crippen LogP contribution in [-0.4, -0.2) is 14.1 Å². The molecule has 0 unspecified atom stereocenters. The van der Waals surface area contributed by atoms with E-state index in [1.807, 2.05) is 6.20 Å². The molecule has 1 aliphatic rings. The topological polar surface area (TPSA) is 32.0 Å². The Bertz CT molecular complexity index is 3100. The summed E-state index contributed by atoms with van der Waals surface area (Å²) in [5, 5.41) is 11.0. The maximum Gasteiger partial charge on any atom is 0.137 e. The van der Waals surface area contributed by atoms with E-state index in [4.69, 9.17) is 9.72 Å². The van der Waals surface area contributed by atoms with Crippen molar-refractivity contribution in [2.75, 3.05) is 0 Å². The predicted molar refractivity (Wildman–Crippen MR) is 235 cm³/mol. The first kappa shape index (κ1) is 31.4. The zero-order valence-electron chi connectivity index (χ0n) is 30.2. The number of hydrogen-bond acceptors (Lipinski definition) is 2. The minimum atomic E-state index is -0.998. The van der Waals surface area contributed by atoms with E-state index in [1.54, 1.807) is 0 Å². The first-order valence-electron chi connectivity index (χ1n) is 19.0. The number of pyridine rings is 1. The third-order valence-electron chi connectivity index (χ3n) is 11.3. The van der Waals surface area contributed by atoms with E-state index in [0.717, 1.165) is 39.5 Å². The Morgan fingerprint density at radius 3 is 1.43 bits per heavy atom. The number of aromatic nitrogens is 3. The third-order valence-corrected chi connectivity index (χ3v) is 13.8. The number of fused-ring (bicyclic) bond motifs is 9. The standard InChI is InChI=1S/C51H32N3OP/c1-2-15-38-33(12-1)28-29-52-51(38)34-13-11-14-37(30-34)56-49-26-24-35(53-43-20-7-3-16-39(43)40-17-4-8-21-44(40)53)31-47(49)55-48-32-36(25-27-50(48)56)54-45-22-9-5-18-41(45)42-19-6-10-23-46(42)54/h1-32H. The molecule has 0 radical (unpaired) electrons. The molecule has 3 aromatic heterocycles. The normalized spacial score (nSPS) is 12.7. The highest BCUT2D eigenvalue weighted by Gasteiger charge is 2.30. The van der Waals surface area contributed by atoms with Gasteiger partial charge in [0.1, 0.15) is 11.5 Å². The summed E-state index contributed by atoms with van der Waals surface area (Å²) in [7, 11) is -0.998. The highest BCUT2D eigenvalue weighted by atomic mass is 31.1. The Hall–Kier alpha value is -7.00. The van der Waals surface area contributed by atoms with Crippen LogP contribution >= 0.6 is 7.92 Å². The molecule has 1 aliphatic heterocycles. The molecule has 0 spiro atoms. The van der Waals surface area contributed by atoms with Gasteiger partial charge in [0.25, 0.3) is 0 Å². The monoisotopic (exact) mass is 733 g/mol. The molecule has 0 amide bonds. The van der Waals surface area contributed by atoms with Gasteiger partial charge in [-0.15, -0.1) is 0 Å². The Morgan fingerprint density at radius 2 is 0.893 bits per heavy atom. The number of hydrogen-bond donors (Lipinski definition) is 0. The molecule has 56 heavy (non-hydrogen) atoms. The van der Waals surface area contributed by atoms with Gasteiger partial charge in [-0.25, -0.2) is 0 Å². The van der Waals surface area contributed by atoms with E-state index in [-0.39, 0.29) is 0 Å². The molecular weight excluding hydrogens is 702 g/mol. The molecule has 12 rings (SSSR count). The Labute approximate surface area is 324 Å². The minimum Gasteiger partial charge on any atom is -0.456 e. The maximum atomic E-state index is 7.10. The van der Waals surface area contributed by atoms with E-state index in [2.05, 4.69) is 197 Å². The quantitative estimate of drug-likeness (QED) is 0.169. The lowest BCUT2D eigenvalue weighted by Crippen LogP contribution is -2.27. The van der Waals surface area contributed by atoms with E-state index in [9.17, 15) is 0 Å². The second-order valence-corrected chi connectivity index (χ2v) is 16.6. The van der Waals surface area contributed by atoms with Crippen molar-refractivity contribution in [1.29, 1.82) is 0 Å². The van der Waals surface area contributed by atoms with Crippen LogP contribution < -0.4 is 20.7 Å². The fourth-order valence-corrected chi connectivity index (χ4v) is 11.3. The second-order valence-electron chi connectivity index (χ2n) is 14.4. The van der Waals surface area contributed by atoms with Crippen LogP contribution in [0.1, 0.15) is 0 Å². The lowest BCUT2D eigenvalue weighted by Gasteiger charge is -2.30. The first-order chi connectivity index (χ1) is 27.8. The van der Waals surface area contributed by atoms with Gasteiger partial charge >= 0.3 is 0 Å². The number of nitrogens with zero attached hydrogens (tertiary/aromatic N) is 3. The second kappa shape index (κ2) is 12.3. The number of benzene rings is 8. The largest absolute Gasteiger partial charge is 0.456 e. The fourth-order valence-electron chi connectivity index (χ4n) is 8.89. The smallest absolute Gasteiger partial charge is 0.137 e.